The highest BCUT2D eigenvalue weighted by Gasteiger charge is 2.34. The topological polar surface area (TPSA) is 86.8 Å². The van der Waals surface area contributed by atoms with Crippen LogP contribution in [-0.2, 0) is 26.2 Å². The van der Waals surface area contributed by atoms with Gasteiger partial charge in [0.2, 0.25) is 11.8 Å². The van der Waals surface area contributed by atoms with E-state index in [1.54, 1.807) is 36.4 Å². The summed E-state index contributed by atoms with van der Waals surface area (Å²) in [5, 5.41) is 3.00. The molecule has 0 heterocycles. The quantitative estimate of drug-likeness (QED) is 0.314. The van der Waals surface area contributed by atoms with E-state index in [0.717, 1.165) is 33.0 Å². The molecule has 0 bridgehead atoms. The molecule has 7 nitrogen and oxygen atoms in total. The number of hydrogen-bond donors (Lipinski definition) is 1. The molecule has 0 aromatic heterocycles. The molecular weight excluding hydrogens is 522 g/mol. The smallest absolute Gasteiger partial charge is 0.264 e. The number of hydrogen-bond acceptors (Lipinski definition) is 4. The van der Waals surface area contributed by atoms with Crippen molar-refractivity contribution in [2.45, 2.75) is 77.9 Å². The van der Waals surface area contributed by atoms with Gasteiger partial charge < -0.3 is 10.2 Å². The van der Waals surface area contributed by atoms with Crippen molar-refractivity contribution in [1.29, 1.82) is 0 Å². The van der Waals surface area contributed by atoms with Crippen LogP contribution in [0.3, 0.4) is 0 Å². The largest absolute Gasteiger partial charge is 0.352 e. The molecule has 0 fully saturated rings. The molecule has 0 aliphatic carbocycles. The number of anilines is 1. The summed E-state index contributed by atoms with van der Waals surface area (Å²) in [6, 6.07) is 20.6. The highest BCUT2D eigenvalue weighted by Crippen LogP contribution is 2.28. The summed E-state index contributed by atoms with van der Waals surface area (Å²) >= 11 is 0. The van der Waals surface area contributed by atoms with Gasteiger partial charge in [-0.1, -0.05) is 79.6 Å². The third kappa shape index (κ3) is 7.50. The molecule has 0 aliphatic heterocycles. The molecule has 8 heteroatoms. The second-order valence-electron chi connectivity index (χ2n) is 10.4. The number of rotatable bonds is 12. The van der Waals surface area contributed by atoms with Gasteiger partial charge in [-0.25, -0.2) is 8.42 Å². The van der Waals surface area contributed by atoms with Crippen LogP contribution in [0.25, 0.3) is 0 Å². The highest BCUT2D eigenvalue weighted by molar-refractivity contribution is 7.92. The SMILES string of the molecule is CC[C@@H](C)NC(=O)[C@@H](CC)N(Cc1ccc(C)cc1)C(=O)CN(c1ccccc1C)S(=O)(=O)c1ccc(C)cc1. The lowest BCUT2D eigenvalue weighted by molar-refractivity contribution is -0.140. The highest BCUT2D eigenvalue weighted by atomic mass is 32.2. The van der Waals surface area contributed by atoms with E-state index >= 15 is 0 Å². The molecule has 3 rings (SSSR count). The van der Waals surface area contributed by atoms with Gasteiger partial charge >= 0.3 is 0 Å². The predicted molar refractivity (Wildman–Crippen MR) is 161 cm³/mol. The molecule has 0 saturated heterocycles. The Balaban J connectivity index is 2.06. The van der Waals surface area contributed by atoms with Gasteiger partial charge in [-0.3, -0.25) is 13.9 Å². The monoisotopic (exact) mass is 563 g/mol. The molecule has 40 heavy (non-hydrogen) atoms. The average molecular weight is 564 g/mol. The lowest BCUT2D eigenvalue weighted by Gasteiger charge is -2.34. The normalized spacial score (nSPS) is 12.8. The van der Waals surface area contributed by atoms with Crippen LogP contribution in [0.5, 0.6) is 0 Å². The summed E-state index contributed by atoms with van der Waals surface area (Å²) in [4.78, 5) is 29.1. The number of sulfonamides is 1. The Morgan fingerprint density at radius 2 is 1.40 bits per heavy atom. The summed E-state index contributed by atoms with van der Waals surface area (Å²) in [6.07, 6.45) is 1.14. The maximum Gasteiger partial charge on any atom is 0.264 e. The molecule has 1 N–H and O–H groups in total. The Labute approximate surface area is 239 Å². The first-order valence-electron chi connectivity index (χ1n) is 13.8. The van der Waals surface area contributed by atoms with Crippen LogP contribution in [0.15, 0.2) is 77.7 Å². The zero-order valence-corrected chi connectivity index (χ0v) is 25.2. The van der Waals surface area contributed by atoms with Crippen molar-refractivity contribution in [3.8, 4) is 0 Å². The molecule has 3 aromatic carbocycles. The van der Waals surface area contributed by atoms with E-state index in [1.807, 2.05) is 77.9 Å². The summed E-state index contributed by atoms with van der Waals surface area (Å²) < 4.78 is 29.1. The van der Waals surface area contributed by atoms with Gasteiger partial charge in [0.25, 0.3) is 10.0 Å². The zero-order chi connectivity index (χ0) is 29.4. The summed E-state index contributed by atoms with van der Waals surface area (Å²) in [5.74, 6) is -0.702. The molecule has 0 spiro atoms. The standard InChI is InChI=1S/C32H41N3O4S/c1-7-26(6)33-32(37)29(8-2)34(21-27-17-13-23(3)14-18-27)31(36)22-35(30-12-10-9-11-25(30)5)40(38,39)28-19-15-24(4)16-20-28/h9-20,26,29H,7-8,21-22H2,1-6H3,(H,33,37)/t26-,29-/m1/s1. The van der Waals surface area contributed by atoms with E-state index in [0.29, 0.717) is 12.1 Å². The molecule has 0 aliphatic rings. The first kappa shape index (κ1) is 30.9. The van der Waals surface area contributed by atoms with E-state index in [1.165, 1.54) is 4.90 Å². The van der Waals surface area contributed by atoms with E-state index < -0.39 is 28.5 Å². The Bertz CT molecular complexity index is 1400. The van der Waals surface area contributed by atoms with E-state index in [-0.39, 0.29) is 23.4 Å². The number of aryl methyl sites for hydroxylation is 3. The van der Waals surface area contributed by atoms with Crippen LogP contribution >= 0.6 is 0 Å². The van der Waals surface area contributed by atoms with Crippen molar-refractivity contribution < 1.29 is 18.0 Å². The number of carbonyl (C=O) groups excluding carboxylic acids is 2. The molecule has 3 aromatic rings. The van der Waals surface area contributed by atoms with Crippen LogP contribution < -0.4 is 9.62 Å². The van der Waals surface area contributed by atoms with Crippen LogP contribution in [0.2, 0.25) is 0 Å². The number of nitrogens with one attached hydrogen (secondary N) is 1. The minimum absolute atomic E-state index is 0.0525. The van der Waals surface area contributed by atoms with Crippen molar-refractivity contribution in [3.63, 3.8) is 0 Å². The van der Waals surface area contributed by atoms with Gasteiger partial charge in [-0.2, -0.15) is 0 Å². The fourth-order valence-electron chi connectivity index (χ4n) is 4.44. The Morgan fingerprint density at radius 3 is 1.95 bits per heavy atom. The van der Waals surface area contributed by atoms with Gasteiger partial charge in [0.05, 0.1) is 10.6 Å². The second kappa shape index (κ2) is 13.6. The number of amides is 2. The van der Waals surface area contributed by atoms with Crippen molar-refractivity contribution in [3.05, 3.63) is 95.1 Å². The van der Waals surface area contributed by atoms with Crippen molar-refractivity contribution in [2.75, 3.05) is 10.8 Å². The molecule has 0 radical (unpaired) electrons. The Morgan fingerprint density at radius 1 is 0.825 bits per heavy atom. The molecule has 0 unspecified atom stereocenters. The van der Waals surface area contributed by atoms with Crippen LogP contribution in [0.4, 0.5) is 5.69 Å². The molecule has 0 saturated carbocycles. The summed E-state index contributed by atoms with van der Waals surface area (Å²) in [7, 11) is -4.09. The van der Waals surface area contributed by atoms with Gasteiger partial charge in [-0.15, -0.1) is 0 Å². The number of benzene rings is 3. The fourth-order valence-corrected chi connectivity index (χ4v) is 5.92. The first-order valence-corrected chi connectivity index (χ1v) is 15.2. The first-order chi connectivity index (χ1) is 19.0. The van der Waals surface area contributed by atoms with Gasteiger partial charge in [0, 0.05) is 12.6 Å². The molecule has 214 valence electrons. The van der Waals surface area contributed by atoms with Crippen molar-refractivity contribution in [2.24, 2.45) is 0 Å². The summed E-state index contributed by atoms with van der Waals surface area (Å²) in [5.41, 5.74) is 4.01. The van der Waals surface area contributed by atoms with Gasteiger partial charge in [0.1, 0.15) is 12.6 Å². The lowest BCUT2D eigenvalue weighted by Crippen LogP contribution is -2.53. The summed E-state index contributed by atoms with van der Waals surface area (Å²) in [6.45, 7) is 11.2. The minimum Gasteiger partial charge on any atom is -0.352 e. The molecular formula is C32H41N3O4S. The van der Waals surface area contributed by atoms with Crippen LogP contribution in [-0.4, -0.2) is 43.8 Å². The van der Waals surface area contributed by atoms with Gasteiger partial charge in [-0.05, 0) is 69.9 Å². The number of para-hydroxylation sites is 1. The van der Waals surface area contributed by atoms with Crippen LogP contribution in [0, 0.1) is 20.8 Å². The van der Waals surface area contributed by atoms with Crippen molar-refractivity contribution in [1.82, 2.24) is 10.2 Å². The predicted octanol–water partition coefficient (Wildman–Crippen LogP) is 5.53. The maximum absolute atomic E-state index is 14.1. The molecule has 2 amide bonds. The number of nitrogens with zero attached hydrogens (tertiary/aromatic N) is 2. The Hall–Kier alpha value is -3.65. The van der Waals surface area contributed by atoms with Crippen LogP contribution in [0.1, 0.15) is 55.9 Å². The van der Waals surface area contributed by atoms with Gasteiger partial charge in [0.15, 0.2) is 0 Å². The third-order valence-electron chi connectivity index (χ3n) is 7.13. The minimum atomic E-state index is -4.09. The van der Waals surface area contributed by atoms with Crippen molar-refractivity contribution >= 4 is 27.5 Å². The van der Waals surface area contributed by atoms with E-state index in [4.69, 9.17) is 0 Å². The average Bonchev–Trinajstić information content (AvgIpc) is 2.93. The third-order valence-corrected chi connectivity index (χ3v) is 8.91. The molecule has 2 atom stereocenters. The lowest BCUT2D eigenvalue weighted by atomic mass is 10.1. The second-order valence-corrected chi connectivity index (χ2v) is 12.2. The van der Waals surface area contributed by atoms with E-state index in [2.05, 4.69) is 5.32 Å². The van der Waals surface area contributed by atoms with E-state index in [9.17, 15) is 18.0 Å². The number of carbonyl (C=O) groups is 2. The zero-order valence-electron chi connectivity index (χ0n) is 24.3. The fraction of sp³-hybridized carbons (Fsp3) is 0.375. The maximum atomic E-state index is 14.1. The Kier molecular flexibility index (Phi) is 10.5.